The standard InChI is InChI=1S/C13H19N5O3S2/c1-23(20,21)17-6-3-10(4-7-17)12(19)14-5-2-11-8-22-13-15-9-16-18(11)13/h8-10H,2-7H2,1H3,(H,14,19). The third-order valence-electron chi connectivity index (χ3n) is 4.06. The SMILES string of the molecule is CS(=O)(=O)N1CCC(C(=O)NCCc2csc3ncnn23)CC1. The third-order valence-corrected chi connectivity index (χ3v) is 6.25. The number of carbonyl (C=O) groups excluding carboxylic acids is 1. The van der Waals surface area contributed by atoms with Crippen LogP contribution in [0, 0.1) is 5.92 Å². The van der Waals surface area contributed by atoms with Gasteiger partial charge in [0.2, 0.25) is 20.9 Å². The van der Waals surface area contributed by atoms with Crippen molar-refractivity contribution >= 4 is 32.2 Å². The van der Waals surface area contributed by atoms with Gasteiger partial charge in [0, 0.05) is 37.4 Å². The minimum Gasteiger partial charge on any atom is -0.355 e. The van der Waals surface area contributed by atoms with Crippen LogP contribution in [-0.4, -0.2) is 59.1 Å². The van der Waals surface area contributed by atoms with Gasteiger partial charge in [-0.25, -0.2) is 22.2 Å². The smallest absolute Gasteiger partial charge is 0.223 e. The maximum absolute atomic E-state index is 12.2. The van der Waals surface area contributed by atoms with Crippen LogP contribution in [0.4, 0.5) is 0 Å². The summed E-state index contributed by atoms with van der Waals surface area (Å²) in [5, 5.41) is 9.07. The molecule has 2 aromatic rings. The van der Waals surface area contributed by atoms with Crippen LogP contribution in [0.5, 0.6) is 0 Å². The molecule has 1 saturated heterocycles. The van der Waals surface area contributed by atoms with Crippen LogP contribution in [0.2, 0.25) is 0 Å². The molecule has 0 aromatic carbocycles. The van der Waals surface area contributed by atoms with Crippen LogP contribution >= 0.6 is 11.3 Å². The molecule has 0 aliphatic carbocycles. The Hall–Kier alpha value is -1.52. The highest BCUT2D eigenvalue weighted by atomic mass is 32.2. The lowest BCUT2D eigenvalue weighted by atomic mass is 9.97. The van der Waals surface area contributed by atoms with Gasteiger partial charge >= 0.3 is 0 Å². The monoisotopic (exact) mass is 357 g/mol. The van der Waals surface area contributed by atoms with Crippen LogP contribution in [-0.2, 0) is 21.2 Å². The number of carbonyl (C=O) groups is 1. The zero-order valence-electron chi connectivity index (χ0n) is 12.8. The first-order chi connectivity index (χ1) is 10.9. The quantitative estimate of drug-likeness (QED) is 0.820. The van der Waals surface area contributed by atoms with E-state index in [0.29, 0.717) is 38.9 Å². The number of sulfonamides is 1. The van der Waals surface area contributed by atoms with Crippen LogP contribution in [0.15, 0.2) is 11.7 Å². The number of nitrogens with zero attached hydrogens (tertiary/aromatic N) is 4. The van der Waals surface area contributed by atoms with E-state index in [4.69, 9.17) is 0 Å². The Labute approximate surface area is 138 Å². The highest BCUT2D eigenvalue weighted by molar-refractivity contribution is 7.88. The summed E-state index contributed by atoms with van der Waals surface area (Å²) in [6.07, 6.45) is 4.56. The molecule has 1 fully saturated rings. The Morgan fingerprint density at radius 2 is 2.17 bits per heavy atom. The largest absolute Gasteiger partial charge is 0.355 e. The third kappa shape index (κ3) is 3.70. The number of rotatable bonds is 5. The van der Waals surface area contributed by atoms with Crippen molar-refractivity contribution in [3.05, 3.63) is 17.4 Å². The van der Waals surface area contributed by atoms with Crippen LogP contribution in [0.1, 0.15) is 18.5 Å². The predicted octanol–water partition coefficient (Wildman–Crippen LogP) is 0.121. The van der Waals surface area contributed by atoms with E-state index in [-0.39, 0.29) is 11.8 Å². The molecule has 2 aromatic heterocycles. The van der Waals surface area contributed by atoms with E-state index in [2.05, 4.69) is 15.4 Å². The molecule has 3 rings (SSSR count). The van der Waals surface area contributed by atoms with Crippen molar-refractivity contribution in [3.63, 3.8) is 0 Å². The van der Waals surface area contributed by atoms with Gasteiger partial charge in [0.25, 0.3) is 0 Å². The Balaban J connectivity index is 1.46. The lowest BCUT2D eigenvalue weighted by Gasteiger charge is -2.29. The van der Waals surface area contributed by atoms with Gasteiger partial charge in [-0.05, 0) is 12.8 Å². The second-order valence-electron chi connectivity index (χ2n) is 5.66. The number of nitrogens with one attached hydrogen (secondary N) is 1. The second-order valence-corrected chi connectivity index (χ2v) is 8.48. The van der Waals surface area contributed by atoms with Crippen molar-refractivity contribution in [1.82, 2.24) is 24.2 Å². The first-order valence-electron chi connectivity index (χ1n) is 7.44. The fourth-order valence-electron chi connectivity index (χ4n) is 2.75. The van der Waals surface area contributed by atoms with Crippen molar-refractivity contribution < 1.29 is 13.2 Å². The Morgan fingerprint density at radius 1 is 1.43 bits per heavy atom. The molecule has 3 heterocycles. The number of aromatic nitrogens is 3. The van der Waals surface area contributed by atoms with Gasteiger partial charge in [0.1, 0.15) is 6.33 Å². The van der Waals surface area contributed by atoms with E-state index in [1.54, 1.807) is 4.52 Å². The van der Waals surface area contributed by atoms with Gasteiger partial charge in [-0.1, -0.05) is 0 Å². The van der Waals surface area contributed by atoms with Gasteiger partial charge in [-0.15, -0.1) is 11.3 Å². The average molecular weight is 357 g/mol. The molecule has 8 nitrogen and oxygen atoms in total. The average Bonchev–Trinajstić information content (AvgIpc) is 3.11. The van der Waals surface area contributed by atoms with Gasteiger partial charge < -0.3 is 5.32 Å². The van der Waals surface area contributed by atoms with Gasteiger partial charge in [-0.2, -0.15) is 5.10 Å². The fourth-order valence-corrected chi connectivity index (χ4v) is 4.46. The maximum atomic E-state index is 12.2. The summed E-state index contributed by atoms with van der Waals surface area (Å²) in [5.41, 5.74) is 1.02. The number of hydrogen-bond donors (Lipinski definition) is 1. The van der Waals surface area contributed by atoms with Crippen LogP contribution in [0.3, 0.4) is 0 Å². The van der Waals surface area contributed by atoms with E-state index in [0.717, 1.165) is 10.7 Å². The summed E-state index contributed by atoms with van der Waals surface area (Å²) < 4.78 is 26.1. The maximum Gasteiger partial charge on any atom is 0.223 e. The number of piperidine rings is 1. The van der Waals surface area contributed by atoms with E-state index >= 15 is 0 Å². The fraction of sp³-hybridized carbons (Fsp3) is 0.615. The minimum absolute atomic E-state index is 0.00298. The molecule has 0 bridgehead atoms. The molecule has 1 amide bonds. The highest BCUT2D eigenvalue weighted by Crippen LogP contribution is 2.19. The molecule has 0 spiro atoms. The number of amides is 1. The Morgan fingerprint density at radius 3 is 2.87 bits per heavy atom. The molecule has 1 aliphatic heterocycles. The predicted molar refractivity (Wildman–Crippen MR) is 86.7 cm³/mol. The first kappa shape index (κ1) is 16.3. The van der Waals surface area contributed by atoms with Crippen LogP contribution < -0.4 is 5.32 Å². The Kier molecular flexibility index (Phi) is 4.64. The normalized spacial score (nSPS) is 17.6. The van der Waals surface area contributed by atoms with Gasteiger partial charge in [-0.3, -0.25) is 4.79 Å². The lowest BCUT2D eigenvalue weighted by molar-refractivity contribution is -0.126. The molecule has 0 radical (unpaired) electrons. The number of hydrogen-bond acceptors (Lipinski definition) is 6. The number of thiazole rings is 1. The van der Waals surface area contributed by atoms with Crippen LogP contribution in [0.25, 0.3) is 4.96 Å². The molecule has 0 atom stereocenters. The van der Waals surface area contributed by atoms with Crippen molar-refractivity contribution in [1.29, 1.82) is 0 Å². The van der Waals surface area contributed by atoms with Gasteiger partial charge in [0.05, 0.1) is 11.9 Å². The topological polar surface area (TPSA) is 96.7 Å². The second kappa shape index (κ2) is 6.54. The van der Waals surface area contributed by atoms with E-state index < -0.39 is 10.0 Å². The highest BCUT2D eigenvalue weighted by Gasteiger charge is 2.28. The number of fused-ring (bicyclic) bond motifs is 1. The molecule has 0 unspecified atom stereocenters. The Bertz CT molecular complexity index is 789. The molecule has 0 saturated carbocycles. The van der Waals surface area contributed by atoms with Crippen molar-refractivity contribution in [2.24, 2.45) is 5.92 Å². The van der Waals surface area contributed by atoms with Crippen molar-refractivity contribution in [2.45, 2.75) is 19.3 Å². The summed E-state index contributed by atoms with van der Waals surface area (Å²) in [7, 11) is -3.15. The van der Waals surface area contributed by atoms with Gasteiger partial charge in [0.15, 0.2) is 0 Å². The zero-order valence-corrected chi connectivity index (χ0v) is 14.4. The first-order valence-corrected chi connectivity index (χ1v) is 10.2. The molecule has 1 aliphatic rings. The van der Waals surface area contributed by atoms with E-state index in [1.807, 2.05) is 5.38 Å². The zero-order chi connectivity index (χ0) is 16.4. The minimum atomic E-state index is -3.15. The summed E-state index contributed by atoms with van der Waals surface area (Å²) in [6.45, 7) is 1.37. The molecule has 126 valence electrons. The van der Waals surface area contributed by atoms with Crippen molar-refractivity contribution in [2.75, 3.05) is 25.9 Å². The molecular formula is C13H19N5O3S2. The summed E-state index contributed by atoms with van der Waals surface area (Å²) in [5.74, 6) is -0.106. The summed E-state index contributed by atoms with van der Waals surface area (Å²) >= 11 is 1.52. The summed E-state index contributed by atoms with van der Waals surface area (Å²) in [6, 6.07) is 0. The molecular weight excluding hydrogens is 338 g/mol. The molecule has 23 heavy (non-hydrogen) atoms. The molecule has 10 heteroatoms. The van der Waals surface area contributed by atoms with E-state index in [1.165, 1.54) is 28.2 Å². The molecule has 1 N–H and O–H groups in total. The van der Waals surface area contributed by atoms with E-state index in [9.17, 15) is 13.2 Å². The summed E-state index contributed by atoms with van der Waals surface area (Å²) in [4.78, 5) is 17.1. The van der Waals surface area contributed by atoms with Crippen molar-refractivity contribution in [3.8, 4) is 0 Å². The lowest BCUT2D eigenvalue weighted by Crippen LogP contribution is -2.42.